The maximum absolute atomic E-state index is 13.2. The monoisotopic (exact) mass is 258 g/mol. The summed E-state index contributed by atoms with van der Waals surface area (Å²) in [4.78, 5) is 12.1. The molecule has 19 heavy (non-hydrogen) atoms. The molecule has 0 aliphatic rings. The molecule has 2 aromatic rings. The fourth-order valence-corrected chi connectivity index (χ4v) is 1.93. The first kappa shape index (κ1) is 13.1. The standard InChI is InChI=1S/C15H15FN2O/c1-2-10-5-3-4-6-14(10)15(19)18-13-8-11(16)7-12(17)9-13/h3-9H,2,17H2,1H3,(H,18,19). The van der Waals surface area contributed by atoms with E-state index < -0.39 is 5.82 Å². The second-order valence-electron chi connectivity index (χ2n) is 4.24. The third-order valence-corrected chi connectivity index (χ3v) is 2.82. The van der Waals surface area contributed by atoms with Crippen LogP contribution in [0.3, 0.4) is 0 Å². The Morgan fingerprint density at radius 3 is 2.68 bits per heavy atom. The Morgan fingerprint density at radius 1 is 1.26 bits per heavy atom. The van der Waals surface area contributed by atoms with Crippen LogP contribution in [0.25, 0.3) is 0 Å². The molecule has 0 fully saturated rings. The van der Waals surface area contributed by atoms with Crippen molar-refractivity contribution in [2.24, 2.45) is 0 Å². The smallest absolute Gasteiger partial charge is 0.255 e. The van der Waals surface area contributed by atoms with Crippen molar-refractivity contribution in [1.82, 2.24) is 0 Å². The Balaban J connectivity index is 2.25. The zero-order valence-electron chi connectivity index (χ0n) is 10.6. The number of rotatable bonds is 3. The Kier molecular flexibility index (Phi) is 3.80. The van der Waals surface area contributed by atoms with E-state index in [9.17, 15) is 9.18 Å². The maximum atomic E-state index is 13.2. The molecule has 3 nitrogen and oxygen atoms in total. The largest absolute Gasteiger partial charge is 0.399 e. The van der Waals surface area contributed by atoms with E-state index in [4.69, 9.17) is 5.73 Å². The number of amides is 1. The lowest BCUT2D eigenvalue weighted by Gasteiger charge is -2.09. The van der Waals surface area contributed by atoms with Crippen molar-refractivity contribution in [3.05, 3.63) is 59.4 Å². The van der Waals surface area contributed by atoms with Gasteiger partial charge in [-0.3, -0.25) is 4.79 Å². The highest BCUT2D eigenvalue weighted by molar-refractivity contribution is 6.05. The molecule has 0 aromatic heterocycles. The van der Waals surface area contributed by atoms with Crippen LogP contribution in [0.2, 0.25) is 0 Å². The molecule has 0 bridgehead atoms. The summed E-state index contributed by atoms with van der Waals surface area (Å²) in [5, 5.41) is 2.66. The maximum Gasteiger partial charge on any atom is 0.255 e. The summed E-state index contributed by atoms with van der Waals surface area (Å²) < 4.78 is 13.2. The molecular formula is C15H15FN2O. The van der Waals surface area contributed by atoms with Crippen molar-refractivity contribution in [2.75, 3.05) is 11.1 Å². The number of halogens is 1. The molecule has 0 aliphatic carbocycles. The number of benzene rings is 2. The summed E-state index contributed by atoms with van der Waals surface area (Å²) in [6, 6.07) is 11.3. The van der Waals surface area contributed by atoms with Gasteiger partial charge in [-0.25, -0.2) is 4.39 Å². The molecule has 0 radical (unpaired) electrons. The van der Waals surface area contributed by atoms with Gasteiger partial charge in [-0.2, -0.15) is 0 Å². The summed E-state index contributed by atoms with van der Waals surface area (Å²) in [5.41, 5.74) is 7.71. The van der Waals surface area contributed by atoms with Crippen LogP contribution in [0.15, 0.2) is 42.5 Å². The molecule has 0 saturated heterocycles. The summed E-state index contributed by atoms with van der Waals surface area (Å²) in [6.45, 7) is 1.98. The van der Waals surface area contributed by atoms with Crippen LogP contribution in [0.4, 0.5) is 15.8 Å². The van der Waals surface area contributed by atoms with Crippen LogP contribution < -0.4 is 11.1 Å². The van der Waals surface area contributed by atoms with Gasteiger partial charge in [0.25, 0.3) is 5.91 Å². The van der Waals surface area contributed by atoms with Crippen molar-refractivity contribution in [3.63, 3.8) is 0 Å². The number of hydrogen-bond acceptors (Lipinski definition) is 2. The van der Waals surface area contributed by atoms with Gasteiger partial charge in [-0.05, 0) is 36.2 Å². The lowest BCUT2D eigenvalue weighted by molar-refractivity contribution is 0.102. The van der Waals surface area contributed by atoms with Crippen molar-refractivity contribution in [2.45, 2.75) is 13.3 Å². The molecule has 0 saturated carbocycles. The number of aryl methyl sites for hydroxylation is 1. The molecule has 0 heterocycles. The zero-order chi connectivity index (χ0) is 13.8. The predicted molar refractivity (Wildman–Crippen MR) is 74.6 cm³/mol. The van der Waals surface area contributed by atoms with Gasteiger partial charge >= 0.3 is 0 Å². The van der Waals surface area contributed by atoms with Crippen LogP contribution in [0.1, 0.15) is 22.8 Å². The molecule has 2 rings (SSSR count). The first-order chi connectivity index (χ1) is 9.10. The van der Waals surface area contributed by atoms with Gasteiger partial charge < -0.3 is 11.1 Å². The Hall–Kier alpha value is -2.36. The van der Waals surface area contributed by atoms with Crippen LogP contribution in [0, 0.1) is 5.82 Å². The number of carbonyl (C=O) groups excluding carboxylic acids is 1. The third kappa shape index (κ3) is 3.10. The SMILES string of the molecule is CCc1ccccc1C(=O)Nc1cc(N)cc(F)c1. The topological polar surface area (TPSA) is 55.1 Å². The number of anilines is 2. The summed E-state index contributed by atoms with van der Waals surface area (Å²) in [6.07, 6.45) is 0.759. The quantitative estimate of drug-likeness (QED) is 0.830. The third-order valence-electron chi connectivity index (χ3n) is 2.82. The molecular weight excluding hydrogens is 243 g/mol. The number of nitrogen functional groups attached to an aromatic ring is 1. The van der Waals surface area contributed by atoms with Crippen molar-refractivity contribution in [3.8, 4) is 0 Å². The fourth-order valence-electron chi connectivity index (χ4n) is 1.93. The fraction of sp³-hybridized carbons (Fsp3) is 0.133. The molecule has 1 amide bonds. The van der Waals surface area contributed by atoms with E-state index in [1.807, 2.05) is 19.1 Å². The van der Waals surface area contributed by atoms with Crippen molar-refractivity contribution >= 4 is 17.3 Å². The van der Waals surface area contributed by atoms with Gasteiger partial charge in [-0.1, -0.05) is 25.1 Å². The van der Waals surface area contributed by atoms with Gasteiger partial charge in [0.15, 0.2) is 0 Å². The number of nitrogens with two attached hydrogens (primary N) is 1. The van der Waals surface area contributed by atoms with Gasteiger partial charge in [0, 0.05) is 16.9 Å². The summed E-state index contributed by atoms with van der Waals surface area (Å²) >= 11 is 0. The zero-order valence-corrected chi connectivity index (χ0v) is 10.6. The van der Waals surface area contributed by atoms with Gasteiger partial charge in [-0.15, -0.1) is 0 Å². The summed E-state index contributed by atoms with van der Waals surface area (Å²) in [5.74, 6) is -0.735. The van der Waals surface area contributed by atoms with Gasteiger partial charge in [0.1, 0.15) is 5.82 Å². The normalized spacial score (nSPS) is 10.2. The van der Waals surface area contributed by atoms with E-state index >= 15 is 0 Å². The second kappa shape index (κ2) is 5.52. The molecule has 4 heteroatoms. The molecule has 0 aliphatic heterocycles. The van der Waals surface area contributed by atoms with Crippen LogP contribution >= 0.6 is 0 Å². The van der Waals surface area contributed by atoms with E-state index in [-0.39, 0.29) is 11.6 Å². The molecule has 3 N–H and O–H groups in total. The molecule has 2 aromatic carbocycles. The lowest BCUT2D eigenvalue weighted by Crippen LogP contribution is -2.14. The minimum atomic E-state index is -0.473. The average molecular weight is 258 g/mol. The van der Waals surface area contributed by atoms with Gasteiger partial charge in [0.05, 0.1) is 0 Å². The lowest BCUT2D eigenvalue weighted by atomic mass is 10.0. The number of hydrogen-bond donors (Lipinski definition) is 2. The number of nitrogens with one attached hydrogen (secondary N) is 1. The highest BCUT2D eigenvalue weighted by atomic mass is 19.1. The summed E-state index contributed by atoms with van der Waals surface area (Å²) in [7, 11) is 0. The van der Waals surface area contributed by atoms with Crippen LogP contribution in [0.5, 0.6) is 0 Å². The Labute approximate surface area is 111 Å². The minimum absolute atomic E-state index is 0.262. The Bertz CT molecular complexity index is 591. The van der Waals surface area contributed by atoms with E-state index in [1.165, 1.54) is 18.2 Å². The highest BCUT2D eigenvalue weighted by Gasteiger charge is 2.10. The molecule has 98 valence electrons. The van der Waals surface area contributed by atoms with E-state index in [0.29, 0.717) is 11.3 Å². The highest BCUT2D eigenvalue weighted by Crippen LogP contribution is 2.17. The van der Waals surface area contributed by atoms with Gasteiger partial charge in [0.2, 0.25) is 0 Å². The second-order valence-corrected chi connectivity index (χ2v) is 4.24. The first-order valence-electron chi connectivity index (χ1n) is 6.05. The van der Waals surface area contributed by atoms with Crippen molar-refractivity contribution in [1.29, 1.82) is 0 Å². The first-order valence-corrected chi connectivity index (χ1v) is 6.05. The average Bonchev–Trinajstić information content (AvgIpc) is 2.37. The van der Waals surface area contributed by atoms with Crippen molar-refractivity contribution < 1.29 is 9.18 Å². The molecule has 0 spiro atoms. The van der Waals surface area contributed by atoms with E-state index in [1.54, 1.807) is 12.1 Å². The van der Waals surface area contributed by atoms with Crippen LogP contribution in [-0.4, -0.2) is 5.91 Å². The Morgan fingerprint density at radius 2 is 2.00 bits per heavy atom. The number of carbonyl (C=O) groups is 1. The molecule has 0 unspecified atom stereocenters. The minimum Gasteiger partial charge on any atom is -0.399 e. The predicted octanol–water partition coefficient (Wildman–Crippen LogP) is 3.22. The molecule has 0 atom stereocenters. The van der Waals surface area contributed by atoms with Crippen LogP contribution in [-0.2, 0) is 6.42 Å². The van der Waals surface area contributed by atoms with E-state index in [2.05, 4.69) is 5.32 Å². The van der Waals surface area contributed by atoms with E-state index in [0.717, 1.165) is 12.0 Å².